The summed E-state index contributed by atoms with van der Waals surface area (Å²) in [5, 5.41) is 11.7. The van der Waals surface area contributed by atoms with Crippen molar-refractivity contribution in [3.63, 3.8) is 0 Å². The minimum atomic E-state index is -0.423. The smallest absolute Gasteiger partial charge is 0.410 e. The average molecular weight is 489 g/mol. The molecule has 0 aliphatic carbocycles. The van der Waals surface area contributed by atoms with Gasteiger partial charge in [-0.1, -0.05) is 67.6 Å². The number of hydrogen-bond acceptors (Lipinski definition) is 4. The number of thiophene rings is 1. The largest absolute Gasteiger partial charge is 0.494 e. The first kappa shape index (κ1) is 24.3. The Bertz CT molecular complexity index is 1600. The molecular weight excluding hydrogens is 461 g/mol. The summed E-state index contributed by atoms with van der Waals surface area (Å²) >= 11 is 1.78. The Hall–Kier alpha value is -3.43. The van der Waals surface area contributed by atoms with Crippen LogP contribution in [-0.2, 0) is 9.31 Å². The van der Waals surface area contributed by atoms with Gasteiger partial charge in [0.05, 0.1) is 11.6 Å². The Balaban J connectivity index is 1.55. The van der Waals surface area contributed by atoms with Crippen molar-refractivity contribution < 1.29 is 9.31 Å². The second-order valence-electron chi connectivity index (χ2n) is 9.61. The summed E-state index contributed by atoms with van der Waals surface area (Å²) in [7, 11) is 1.27. The number of fused-ring (bicyclic) bond motifs is 3. The summed E-state index contributed by atoms with van der Waals surface area (Å²) in [6, 6.07) is 31.7. The Morgan fingerprint density at radius 1 is 0.861 bits per heavy atom. The minimum Gasteiger partial charge on any atom is -0.410 e. The van der Waals surface area contributed by atoms with Gasteiger partial charge >= 0.3 is 7.12 Å². The van der Waals surface area contributed by atoms with Crippen LogP contribution in [-0.4, -0.2) is 19.8 Å². The lowest BCUT2D eigenvalue weighted by molar-refractivity contribution is 0.0765. The van der Waals surface area contributed by atoms with Gasteiger partial charge in [-0.3, -0.25) is 0 Å². The zero-order chi connectivity index (χ0) is 25.3. The molecule has 0 spiro atoms. The average Bonchev–Trinajstić information content (AvgIpc) is 3.30. The van der Waals surface area contributed by atoms with Gasteiger partial charge in [0.1, 0.15) is 0 Å². The first-order valence-corrected chi connectivity index (χ1v) is 13.0. The van der Waals surface area contributed by atoms with Gasteiger partial charge in [0.2, 0.25) is 0 Å². The number of rotatable bonds is 7. The van der Waals surface area contributed by atoms with Gasteiger partial charge in [-0.25, -0.2) is 0 Å². The highest BCUT2D eigenvalue weighted by atomic mass is 32.1. The van der Waals surface area contributed by atoms with E-state index < -0.39 is 7.12 Å². The monoisotopic (exact) mass is 489 g/mol. The van der Waals surface area contributed by atoms with Gasteiger partial charge in [-0.05, 0) is 72.3 Å². The summed E-state index contributed by atoms with van der Waals surface area (Å²) in [5.41, 5.74) is 6.06. The fourth-order valence-electron chi connectivity index (χ4n) is 4.45. The maximum Gasteiger partial charge on any atom is 0.494 e. The zero-order valence-corrected chi connectivity index (χ0v) is 21.9. The lowest BCUT2D eigenvalue weighted by atomic mass is 9.76. The van der Waals surface area contributed by atoms with Crippen molar-refractivity contribution in [1.82, 2.24) is 0 Å². The van der Waals surface area contributed by atoms with Crippen molar-refractivity contribution in [3.8, 4) is 28.3 Å². The van der Waals surface area contributed by atoms with Crippen LogP contribution < -0.4 is 5.46 Å². The van der Waals surface area contributed by atoms with Crippen LogP contribution in [0.15, 0.2) is 84.9 Å². The molecule has 36 heavy (non-hydrogen) atoms. The molecule has 5 aromatic rings. The maximum absolute atomic E-state index is 9.35. The van der Waals surface area contributed by atoms with E-state index in [9.17, 15) is 5.26 Å². The van der Waals surface area contributed by atoms with Crippen LogP contribution in [0.3, 0.4) is 0 Å². The Morgan fingerprint density at radius 2 is 1.58 bits per heavy atom. The van der Waals surface area contributed by atoms with Crippen LogP contribution >= 0.6 is 11.3 Å². The molecule has 1 heterocycles. The van der Waals surface area contributed by atoms with E-state index in [-0.39, 0.29) is 5.60 Å². The lowest BCUT2D eigenvalue weighted by Crippen LogP contribution is -2.43. The molecule has 3 nitrogen and oxygen atoms in total. The van der Waals surface area contributed by atoms with Crippen LogP contribution in [0, 0.1) is 11.3 Å². The fraction of sp³-hybridized carbons (Fsp3) is 0.194. The van der Waals surface area contributed by atoms with Crippen LogP contribution in [0.4, 0.5) is 0 Å². The standard InChI is InChI=1S/C31H28BNO2S/c1-5-31(2,3)35-32(34-4)25-12-7-10-23(19-25)22-9-6-11-24(18-22)26-13-8-14-27-28-17-21(20-33)15-16-29(28)36-30(26)27/h6-19H,5H2,1-4H3. The summed E-state index contributed by atoms with van der Waals surface area (Å²) < 4.78 is 14.4. The normalized spacial score (nSPS) is 11.6. The molecule has 5 rings (SSSR count). The van der Waals surface area contributed by atoms with Crippen LogP contribution in [0.25, 0.3) is 42.4 Å². The van der Waals surface area contributed by atoms with E-state index in [0.29, 0.717) is 5.56 Å². The predicted octanol–water partition coefficient (Wildman–Crippen LogP) is 7.81. The van der Waals surface area contributed by atoms with E-state index in [2.05, 4.69) is 99.6 Å². The van der Waals surface area contributed by atoms with Crippen molar-refractivity contribution in [1.29, 1.82) is 5.26 Å². The third-order valence-electron chi connectivity index (χ3n) is 6.78. The minimum absolute atomic E-state index is 0.270. The topological polar surface area (TPSA) is 42.2 Å². The van der Waals surface area contributed by atoms with Gasteiger partial charge in [0.15, 0.2) is 0 Å². The first-order valence-electron chi connectivity index (χ1n) is 12.2. The Labute approximate surface area is 217 Å². The van der Waals surface area contributed by atoms with Gasteiger partial charge in [-0.15, -0.1) is 11.3 Å². The molecule has 0 N–H and O–H groups in total. The highest BCUT2D eigenvalue weighted by Crippen LogP contribution is 2.40. The highest BCUT2D eigenvalue weighted by molar-refractivity contribution is 7.26. The van der Waals surface area contributed by atoms with Gasteiger partial charge < -0.3 is 9.31 Å². The van der Waals surface area contributed by atoms with Gasteiger partial charge in [-0.2, -0.15) is 5.26 Å². The molecule has 0 unspecified atom stereocenters. The van der Waals surface area contributed by atoms with Gasteiger partial charge in [0.25, 0.3) is 0 Å². The number of nitrogens with zero attached hydrogens (tertiary/aromatic N) is 1. The van der Waals surface area contributed by atoms with Crippen LogP contribution in [0.5, 0.6) is 0 Å². The van der Waals surface area contributed by atoms with E-state index in [1.54, 1.807) is 18.4 Å². The summed E-state index contributed by atoms with van der Waals surface area (Å²) in [6.07, 6.45) is 0.899. The third kappa shape index (κ3) is 4.68. The molecule has 0 atom stereocenters. The Kier molecular flexibility index (Phi) is 6.68. The second-order valence-corrected chi connectivity index (χ2v) is 10.7. The van der Waals surface area contributed by atoms with Crippen molar-refractivity contribution in [3.05, 3.63) is 90.5 Å². The summed E-state index contributed by atoms with van der Waals surface area (Å²) in [6.45, 7) is 6.29. The van der Waals surface area contributed by atoms with E-state index in [1.807, 2.05) is 12.1 Å². The van der Waals surface area contributed by atoms with Crippen LogP contribution in [0.2, 0.25) is 0 Å². The van der Waals surface area contributed by atoms with E-state index in [1.165, 1.54) is 25.9 Å². The zero-order valence-electron chi connectivity index (χ0n) is 21.0. The fourth-order valence-corrected chi connectivity index (χ4v) is 5.67. The molecular formula is C31H28BNO2S. The number of nitriles is 1. The number of benzene rings is 4. The summed E-state index contributed by atoms with van der Waals surface area (Å²) in [4.78, 5) is 0. The summed E-state index contributed by atoms with van der Waals surface area (Å²) in [5.74, 6) is 0. The molecule has 0 fully saturated rings. The molecule has 5 heteroatoms. The molecule has 0 amide bonds. The molecule has 0 radical (unpaired) electrons. The van der Waals surface area contributed by atoms with Crippen molar-refractivity contribution in [2.24, 2.45) is 0 Å². The quantitative estimate of drug-likeness (QED) is 0.219. The predicted molar refractivity (Wildman–Crippen MR) is 153 cm³/mol. The second kappa shape index (κ2) is 9.91. The van der Waals surface area contributed by atoms with Crippen molar-refractivity contribution in [2.45, 2.75) is 32.8 Å². The Morgan fingerprint density at radius 3 is 2.33 bits per heavy atom. The SMILES string of the molecule is CCC(C)(C)OB(OC)c1cccc(-c2cccc(-c3cccc4c3sc3ccc(C#N)cc34)c2)c1. The van der Waals surface area contributed by atoms with Crippen LogP contribution in [0.1, 0.15) is 32.8 Å². The molecule has 0 aliphatic heterocycles. The molecule has 0 saturated heterocycles. The molecule has 0 aliphatic rings. The maximum atomic E-state index is 9.35. The van der Waals surface area contributed by atoms with Crippen molar-refractivity contribution in [2.75, 3.05) is 7.11 Å². The van der Waals surface area contributed by atoms with E-state index in [0.717, 1.165) is 28.4 Å². The molecule has 178 valence electrons. The van der Waals surface area contributed by atoms with E-state index >= 15 is 0 Å². The van der Waals surface area contributed by atoms with Gasteiger partial charge in [0, 0.05) is 32.9 Å². The molecule has 4 aromatic carbocycles. The molecule has 0 bridgehead atoms. The van der Waals surface area contributed by atoms with E-state index in [4.69, 9.17) is 9.31 Å². The number of hydrogen-bond donors (Lipinski definition) is 0. The van der Waals surface area contributed by atoms with Crippen molar-refractivity contribution >= 4 is 44.1 Å². The first-order chi connectivity index (χ1) is 17.4. The molecule has 1 aromatic heterocycles. The highest BCUT2D eigenvalue weighted by Gasteiger charge is 2.28. The molecule has 0 saturated carbocycles. The third-order valence-corrected chi connectivity index (χ3v) is 8.00. The lowest BCUT2D eigenvalue weighted by Gasteiger charge is -2.27.